The average molecular weight is 500 g/mol. The van der Waals surface area contributed by atoms with Crippen LogP contribution in [0.4, 0.5) is 17.2 Å². The third-order valence-electron chi connectivity index (χ3n) is 6.68. The van der Waals surface area contributed by atoms with Crippen molar-refractivity contribution < 1.29 is 9.59 Å². The van der Waals surface area contributed by atoms with Crippen LogP contribution in [0.25, 0.3) is 10.4 Å². The maximum Gasteiger partial charge on any atom is 0.298 e. The Kier molecular flexibility index (Phi) is 6.61. The van der Waals surface area contributed by atoms with Gasteiger partial charge in [0, 0.05) is 66.9 Å². The number of carbonyl (C=O) groups is 2. The number of amides is 1. The summed E-state index contributed by atoms with van der Waals surface area (Å²) in [6.45, 7) is 7.58. The van der Waals surface area contributed by atoms with Gasteiger partial charge in [-0.05, 0) is 73.3 Å². The molecule has 0 atom stereocenters. The molecule has 4 aromatic rings. The summed E-state index contributed by atoms with van der Waals surface area (Å²) in [5.41, 5.74) is 5.03. The first-order chi connectivity index (χ1) is 17.4. The Morgan fingerprint density at radius 2 is 1.67 bits per heavy atom. The Morgan fingerprint density at radius 3 is 2.33 bits per heavy atom. The molecule has 0 bridgehead atoms. The molecule has 0 radical (unpaired) electrons. The van der Waals surface area contributed by atoms with Gasteiger partial charge >= 0.3 is 0 Å². The summed E-state index contributed by atoms with van der Waals surface area (Å²) in [4.78, 5) is 36.1. The minimum absolute atomic E-state index is 0.407. The standard InChI is InChI=1S/C28H29N5O2S/c1-19-10-11-29-25(17-19)33-14-12-32(13-15-33)22-8-6-21(7-9-22)30-28(35)27(34)26-23(18-20(2)31(26)3)24-5-4-16-36-24/h4-11,16-18H,12-15H2,1-3H3,(H,30,35). The molecule has 8 heteroatoms. The maximum atomic E-state index is 13.1. The number of nitrogens with one attached hydrogen (secondary N) is 1. The number of pyridine rings is 1. The van der Waals surface area contributed by atoms with Gasteiger partial charge in [0.15, 0.2) is 0 Å². The Balaban J connectivity index is 1.23. The van der Waals surface area contributed by atoms with Crippen LogP contribution >= 0.6 is 11.3 Å². The number of Topliss-reactive ketones (excluding diaryl/α,β-unsaturated/α-hetero) is 1. The molecular weight excluding hydrogens is 470 g/mol. The first-order valence-electron chi connectivity index (χ1n) is 12.0. The molecule has 36 heavy (non-hydrogen) atoms. The summed E-state index contributed by atoms with van der Waals surface area (Å²) < 4.78 is 1.78. The second-order valence-electron chi connectivity index (χ2n) is 9.08. The average Bonchev–Trinajstić information content (AvgIpc) is 3.52. The topological polar surface area (TPSA) is 70.5 Å². The Morgan fingerprint density at radius 1 is 0.944 bits per heavy atom. The molecule has 1 fully saturated rings. The number of ketones is 1. The van der Waals surface area contributed by atoms with Crippen molar-refractivity contribution in [3.63, 3.8) is 0 Å². The van der Waals surface area contributed by atoms with Gasteiger partial charge in [0.1, 0.15) is 11.5 Å². The number of rotatable bonds is 6. The van der Waals surface area contributed by atoms with Crippen molar-refractivity contribution in [2.45, 2.75) is 13.8 Å². The fourth-order valence-electron chi connectivity index (χ4n) is 4.56. The summed E-state index contributed by atoms with van der Waals surface area (Å²) in [6.07, 6.45) is 1.86. The number of thiophene rings is 1. The molecule has 0 saturated carbocycles. The van der Waals surface area contributed by atoms with Gasteiger partial charge in [0.25, 0.3) is 11.7 Å². The summed E-state index contributed by atoms with van der Waals surface area (Å²) in [7, 11) is 1.82. The van der Waals surface area contributed by atoms with E-state index in [0.717, 1.165) is 53.8 Å². The maximum absolute atomic E-state index is 13.1. The van der Waals surface area contributed by atoms with Crippen LogP contribution in [0.2, 0.25) is 0 Å². The molecule has 1 aliphatic heterocycles. The molecule has 4 heterocycles. The predicted octanol–water partition coefficient (Wildman–Crippen LogP) is 4.91. The molecule has 1 aromatic carbocycles. The number of aryl methyl sites for hydroxylation is 2. The fourth-order valence-corrected chi connectivity index (χ4v) is 5.31. The third kappa shape index (κ3) is 4.77. The second kappa shape index (κ2) is 9.99. The van der Waals surface area contributed by atoms with Crippen LogP contribution in [-0.4, -0.2) is 47.4 Å². The number of benzene rings is 1. The van der Waals surface area contributed by atoms with Gasteiger partial charge in [-0.3, -0.25) is 9.59 Å². The Labute approximate surface area is 215 Å². The molecule has 3 aromatic heterocycles. The van der Waals surface area contributed by atoms with Gasteiger partial charge in [0.2, 0.25) is 0 Å². The first-order valence-corrected chi connectivity index (χ1v) is 12.9. The lowest BCUT2D eigenvalue weighted by Gasteiger charge is -2.36. The Bertz CT molecular complexity index is 1380. The van der Waals surface area contributed by atoms with Crippen LogP contribution in [0.1, 0.15) is 21.7 Å². The smallest absolute Gasteiger partial charge is 0.298 e. The van der Waals surface area contributed by atoms with Crippen molar-refractivity contribution in [2.24, 2.45) is 7.05 Å². The number of nitrogens with zero attached hydrogens (tertiary/aromatic N) is 4. The summed E-state index contributed by atoms with van der Waals surface area (Å²) in [6, 6.07) is 17.7. The molecule has 0 aliphatic carbocycles. The zero-order valence-corrected chi connectivity index (χ0v) is 21.5. The number of anilines is 3. The van der Waals surface area contributed by atoms with Crippen LogP contribution in [0.5, 0.6) is 0 Å². The molecule has 1 N–H and O–H groups in total. The minimum Gasteiger partial charge on any atom is -0.368 e. The number of hydrogen-bond donors (Lipinski definition) is 1. The van der Waals surface area contributed by atoms with Gasteiger partial charge < -0.3 is 19.7 Å². The highest BCUT2D eigenvalue weighted by molar-refractivity contribution is 7.13. The third-order valence-corrected chi connectivity index (χ3v) is 7.58. The molecule has 1 saturated heterocycles. The van der Waals surface area contributed by atoms with Crippen molar-refractivity contribution >= 4 is 40.2 Å². The molecule has 0 spiro atoms. The lowest BCUT2D eigenvalue weighted by molar-refractivity contribution is -0.112. The number of aromatic nitrogens is 2. The van der Waals surface area contributed by atoms with E-state index in [0.29, 0.717) is 11.4 Å². The summed E-state index contributed by atoms with van der Waals surface area (Å²) in [5.74, 6) is -0.159. The molecule has 0 unspecified atom stereocenters. The quantitative estimate of drug-likeness (QED) is 0.301. The summed E-state index contributed by atoms with van der Waals surface area (Å²) >= 11 is 1.55. The van der Waals surface area contributed by atoms with Crippen molar-refractivity contribution in [3.05, 3.63) is 83.1 Å². The van der Waals surface area contributed by atoms with Gasteiger partial charge in [0.05, 0.1) is 0 Å². The van der Waals surface area contributed by atoms with E-state index in [1.165, 1.54) is 5.56 Å². The fraction of sp³-hybridized carbons (Fsp3) is 0.250. The van der Waals surface area contributed by atoms with E-state index in [2.05, 4.69) is 33.1 Å². The van der Waals surface area contributed by atoms with Crippen LogP contribution in [0.15, 0.2) is 66.2 Å². The minimum atomic E-state index is -0.638. The van der Waals surface area contributed by atoms with E-state index < -0.39 is 11.7 Å². The van der Waals surface area contributed by atoms with Crippen molar-refractivity contribution in [1.29, 1.82) is 0 Å². The van der Waals surface area contributed by atoms with Gasteiger partial charge in [-0.1, -0.05) is 6.07 Å². The number of hydrogen-bond acceptors (Lipinski definition) is 6. The normalized spacial score (nSPS) is 13.6. The van der Waals surface area contributed by atoms with Crippen LogP contribution < -0.4 is 15.1 Å². The van der Waals surface area contributed by atoms with Crippen LogP contribution in [-0.2, 0) is 11.8 Å². The van der Waals surface area contributed by atoms with E-state index in [1.807, 2.05) is 74.1 Å². The van der Waals surface area contributed by atoms with E-state index >= 15 is 0 Å². The lowest BCUT2D eigenvalue weighted by Crippen LogP contribution is -2.46. The van der Waals surface area contributed by atoms with Crippen molar-refractivity contribution in [1.82, 2.24) is 9.55 Å². The van der Waals surface area contributed by atoms with Crippen molar-refractivity contribution in [2.75, 3.05) is 41.3 Å². The highest BCUT2D eigenvalue weighted by Crippen LogP contribution is 2.31. The van der Waals surface area contributed by atoms with Gasteiger partial charge in [-0.25, -0.2) is 4.98 Å². The van der Waals surface area contributed by atoms with Gasteiger partial charge in [-0.15, -0.1) is 11.3 Å². The monoisotopic (exact) mass is 499 g/mol. The highest BCUT2D eigenvalue weighted by Gasteiger charge is 2.25. The number of piperazine rings is 1. The summed E-state index contributed by atoms with van der Waals surface area (Å²) in [5, 5.41) is 4.74. The molecule has 184 valence electrons. The molecular formula is C28H29N5O2S. The Hall–Kier alpha value is -3.91. The molecule has 7 nitrogen and oxygen atoms in total. The zero-order chi connectivity index (χ0) is 25.2. The van der Waals surface area contributed by atoms with Gasteiger partial charge in [-0.2, -0.15) is 0 Å². The predicted molar refractivity (Wildman–Crippen MR) is 146 cm³/mol. The van der Waals surface area contributed by atoms with E-state index in [9.17, 15) is 9.59 Å². The number of carbonyl (C=O) groups excluding carboxylic acids is 2. The molecule has 1 aliphatic rings. The van der Waals surface area contributed by atoms with Crippen LogP contribution in [0.3, 0.4) is 0 Å². The van der Waals surface area contributed by atoms with Crippen LogP contribution in [0, 0.1) is 13.8 Å². The second-order valence-corrected chi connectivity index (χ2v) is 10.0. The highest BCUT2D eigenvalue weighted by atomic mass is 32.1. The largest absolute Gasteiger partial charge is 0.368 e. The first kappa shape index (κ1) is 23.8. The molecule has 1 amide bonds. The lowest BCUT2D eigenvalue weighted by atomic mass is 10.1. The van der Waals surface area contributed by atoms with Crippen molar-refractivity contribution in [3.8, 4) is 10.4 Å². The van der Waals surface area contributed by atoms with E-state index in [-0.39, 0.29) is 0 Å². The van der Waals surface area contributed by atoms with E-state index in [1.54, 1.807) is 15.9 Å². The van der Waals surface area contributed by atoms with E-state index in [4.69, 9.17) is 0 Å². The zero-order valence-electron chi connectivity index (χ0n) is 20.7. The SMILES string of the molecule is Cc1ccnc(N2CCN(c3ccc(NC(=O)C(=O)c4c(-c5cccs5)cc(C)n4C)cc3)CC2)c1. The molecule has 5 rings (SSSR count).